The predicted molar refractivity (Wildman–Crippen MR) is 72.1 cm³/mol. The predicted octanol–water partition coefficient (Wildman–Crippen LogP) is 5.13. The molecule has 0 radical (unpaired) electrons. The molecule has 0 atom stereocenters. The monoisotopic (exact) mass is 307 g/mol. The molecule has 0 spiro atoms. The highest BCUT2D eigenvalue weighted by Crippen LogP contribution is 2.35. The van der Waals surface area contributed by atoms with E-state index in [4.69, 9.17) is 23.2 Å². The number of hydrogen-bond donors (Lipinski definition) is 1. The summed E-state index contributed by atoms with van der Waals surface area (Å²) >= 11 is 15.4. The summed E-state index contributed by atoms with van der Waals surface area (Å²) in [5, 5.41) is 4.34. The van der Waals surface area contributed by atoms with E-state index in [0.717, 1.165) is 29.5 Å². The molecular weight excluding hydrogens is 297 g/mol. The van der Waals surface area contributed by atoms with Gasteiger partial charge in [-0.05, 0) is 40.9 Å². The second kappa shape index (κ2) is 6.41. The maximum absolute atomic E-state index is 6.07. The van der Waals surface area contributed by atoms with Gasteiger partial charge < -0.3 is 5.32 Å². The molecule has 0 saturated heterocycles. The lowest BCUT2D eigenvalue weighted by Gasteiger charge is -2.09. The van der Waals surface area contributed by atoms with Gasteiger partial charge >= 0.3 is 0 Å². The Labute approximate surface area is 109 Å². The van der Waals surface area contributed by atoms with E-state index in [-0.39, 0.29) is 0 Å². The summed E-state index contributed by atoms with van der Waals surface area (Å²) in [6.45, 7) is 4.53. The van der Waals surface area contributed by atoms with Crippen molar-refractivity contribution in [2.24, 2.45) is 0 Å². The average Bonchev–Trinajstić information content (AvgIpc) is 2.24. The molecule has 0 bridgehead atoms. The minimum absolute atomic E-state index is 0.547. The normalized spacial score (nSPS) is 10.1. The Balaban J connectivity index is 2.62. The Bertz CT molecular complexity index is 353. The molecule has 0 aliphatic carbocycles. The molecule has 0 aromatic heterocycles. The molecule has 1 N–H and O–H groups in total. The van der Waals surface area contributed by atoms with Gasteiger partial charge in [0.2, 0.25) is 0 Å². The van der Waals surface area contributed by atoms with Crippen molar-refractivity contribution in [1.29, 1.82) is 0 Å². The SMILES string of the molecule is C=CCCCNc1ccc(Br)c(Cl)c1Cl. The first-order chi connectivity index (χ1) is 7.16. The Morgan fingerprint density at radius 3 is 2.73 bits per heavy atom. The van der Waals surface area contributed by atoms with E-state index >= 15 is 0 Å². The molecule has 1 aromatic carbocycles. The fraction of sp³-hybridized carbons (Fsp3) is 0.273. The lowest BCUT2D eigenvalue weighted by molar-refractivity contribution is 0.891. The number of rotatable bonds is 5. The maximum atomic E-state index is 6.07. The van der Waals surface area contributed by atoms with Gasteiger partial charge in [-0.2, -0.15) is 0 Å². The van der Waals surface area contributed by atoms with E-state index in [0.29, 0.717) is 10.0 Å². The van der Waals surface area contributed by atoms with E-state index in [1.165, 1.54) is 0 Å². The van der Waals surface area contributed by atoms with Crippen LogP contribution < -0.4 is 5.32 Å². The van der Waals surface area contributed by atoms with Crippen molar-refractivity contribution < 1.29 is 0 Å². The molecule has 1 aromatic rings. The van der Waals surface area contributed by atoms with Gasteiger partial charge in [-0.25, -0.2) is 0 Å². The van der Waals surface area contributed by atoms with Gasteiger partial charge in [0.15, 0.2) is 0 Å². The van der Waals surface area contributed by atoms with Gasteiger partial charge in [0, 0.05) is 11.0 Å². The summed E-state index contributed by atoms with van der Waals surface area (Å²) in [4.78, 5) is 0. The third kappa shape index (κ3) is 3.71. The van der Waals surface area contributed by atoms with Crippen LogP contribution in [0.1, 0.15) is 12.8 Å². The highest BCUT2D eigenvalue weighted by Gasteiger charge is 2.07. The van der Waals surface area contributed by atoms with Crippen LogP contribution in [0.3, 0.4) is 0 Å². The minimum atomic E-state index is 0.547. The smallest absolute Gasteiger partial charge is 0.0835 e. The summed E-state index contributed by atoms with van der Waals surface area (Å²) in [6.07, 6.45) is 3.93. The van der Waals surface area contributed by atoms with Crippen LogP contribution in [0, 0.1) is 0 Å². The molecule has 0 amide bonds. The third-order valence-corrected chi connectivity index (χ3v) is 3.71. The second-order valence-electron chi connectivity index (χ2n) is 3.08. The summed E-state index contributed by atoms with van der Waals surface area (Å²) in [5.74, 6) is 0. The molecule has 1 nitrogen and oxygen atoms in total. The standard InChI is InChI=1S/C11H12BrCl2N/c1-2-3-4-7-15-9-6-5-8(12)10(13)11(9)14/h2,5-6,15H,1,3-4,7H2. The quantitative estimate of drug-likeness (QED) is 0.451. The van der Waals surface area contributed by atoms with E-state index < -0.39 is 0 Å². The Hall–Kier alpha value is -0.180. The van der Waals surface area contributed by atoms with Crippen molar-refractivity contribution in [1.82, 2.24) is 0 Å². The van der Waals surface area contributed by atoms with Gasteiger partial charge in [-0.3, -0.25) is 0 Å². The van der Waals surface area contributed by atoms with E-state index in [1.807, 2.05) is 18.2 Å². The van der Waals surface area contributed by atoms with Crippen LogP contribution in [0.15, 0.2) is 29.3 Å². The number of hydrogen-bond acceptors (Lipinski definition) is 1. The molecule has 4 heteroatoms. The molecule has 0 heterocycles. The molecular formula is C11H12BrCl2N. The number of unbranched alkanes of at least 4 members (excludes halogenated alkanes) is 1. The zero-order valence-corrected chi connectivity index (χ0v) is 11.3. The van der Waals surface area contributed by atoms with Crippen molar-refractivity contribution in [2.45, 2.75) is 12.8 Å². The van der Waals surface area contributed by atoms with Crippen molar-refractivity contribution in [3.63, 3.8) is 0 Å². The minimum Gasteiger partial charge on any atom is -0.384 e. The fourth-order valence-corrected chi connectivity index (χ4v) is 1.97. The van der Waals surface area contributed by atoms with Crippen molar-refractivity contribution >= 4 is 44.8 Å². The largest absolute Gasteiger partial charge is 0.384 e. The Morgan fingerprint density at radius 2 is 2.07 bits per heavy atom. The highest BCUT2D eigenvalue weighted by atomic mass is 79.9. The van der Waals surface area contributed by atoms with E-state index in [9.17, 15) is 0 Å². The zero-order chi connectivity index (χ0) is 11.3. The molecule has 0 unspecified atom stereocenters. The number of benzene rings is 1. The molecule has 15 heavy (non-hydrogen) atoms. The Morgan fingerprint density at radius 1 is 1.33 bits per heavy atom. The van der Waals surface area contributed by atoms with E-state index in [1.54, 1.807) is 0 Å². The first-order valence-corrected chi connectivity index (χ1v) is 6.20. The lowest BCUT2D eigenvalue weighted by Crippen LogP contribution is -2.01. The van der Waals surface area contributed by atoms with Crippen LogP contribution in [-0.2, 0) is 0 Å². The highest BCUT2D eigenvalue weighted by molar-refractivity contribution is 9.10. The summed E-state index contributed by atoms with van der Waals surface area (Å²) in [6, 6.07) is 3.79. The summed E-state index contributed by atoms with van der Waals surface area (Å²) in [5.41, 5.74) is 0.869. The molecule has 0 aliphatic heterocycles. The topological polar surface area (TPSA) is 12.0 Å². The molecule has 82 valence electrons. The number of nitrogens with one attached hydrogen (secondary N) is 1. The molecule has 1 rings (SSSR count). The van der Waals surface area contributed by atoms with Gasteiger partial charge in [0.1, 0.15) is 0 Å². The van der Waals surface area contributed by atoms with Crippen LogP contribution in [0.5, 0.6) is 0 Å². The van der Waals surface area contributed by atoms with Gasteiger partial charge in [0.05, 0.1) is 15.7 Å². The van der Waals surface area contributed by atoms with Crippen LogP contribution in [0.2, 0.25) is 10.0 Å². The van der Waals surface area contributed by atoms with Crippen molar-refractivity contribution in [3.8, 4) is 0 Å². The lowest BCUT2D eigenvalue weighted by atomic mass is 10.3. The Kier molecular flexibility index (Phi) is 5.51. The third-order valence-electron chi connectivity index (χ3n) is 1.94. The van der Waals surface area contributed by atoms with Gasteiger partial charge in [0.25, 0.3) is 0 Å². The number of allylic oxidation sites excluding steroid dienone is 1. The van der Waals surface area contributed by atoms with E-state index in [2.05, 4.69) is 27.8 Å². The molecule has 0 saturated carbocycles. The van der Waals surface area contributed by atoms with Gasteiger partial charge in [-0.1, -0.05) is 29.3 Å². The van der Waals surface area contributed by atoms with Crippen molar-refractivity contribution in [3.05, 3.63) is 39.3 Å². The zero-order valence-electron chi connectivity index (χ0n) is 8.19. The number of anilines is 1. The van der Waals surface area contributed by atoms with Crippen molar-refractivity contribution in [2.75, 3.05) is 11.9 Å². The van der Waals surface area contributed by atoms with Crippen LogP contribution in [-0.4, -0.2) is 6.54 Å². The molecule has 0 fully saturated rings. The fourth-order valence-electron chi connectivity index (χ4n) is 1.13. The summed E-state index contributed by atoms with van der Waals surface area (Å²) < 4.78 is 0.811. The average molecular weight is 309 g/mol. The second-order valence-corrected chi connectivity index (χ2v) is 4.69. The van der Waals surface area contributed by atoms with Gasteiger partial charge in [-0.15, -0.1) is 6.58 Å². The summed E-state index contributed by atoms with van der Waals surface area (Å²) in [7, 11) is 0. The van der Waals surface area contributed by atoms with Crippen LogP contribution in [0.4, 0.5) is 5.69 Å². The first kappa shape index (κ1) is 12.9. The maximum Gasteiger partial charge on any atom is 0.0835 e. The van der Waals surface area contributed by atoms with Crippen LogP contribution >= 0.6 is 39.1 Å². The van der Waals surface area contributed by atoms with Crippen LogP contribution in [0.25, 0.3) is 0 Å². The molecule has 0 aliphatic rings. The number of halogens is 3. The first-order valence-electron chi connectivity index (χ1n) is 4.65.